The number of imidazole rings is 1. The predicted molar refractivity (Wildman–Crippen MR) is 115 cm³/mol. The van der Waals surface area contributed by atoms with Crippen LogP contribution in [-0.2, 0) is 13.0 Å². The van der Waals surface area contributed by atoms with Gasteiger partial charge in [-0.1, -0.05) is 40.9 Å². The first kappa shape index (κ1) is 22.8. The number of rotatable bonds is 7. The molecule has 0 aliphatic heterocycles. The molecule has 11 heteroatoms. The zero-order chi connectivity index (χ0) is 20.5. The van der Waals surface area contributed by atoms with E-state index in [0.717, 1.165) is 28.6 Å². The van der Waals surface area contributed by atoms with Crippen LogP contribution in [0.4, 0.5) is 0 Å². The second kappa shape index (κ2) is 11.5. The maximum atomic E-state index is 8.36. The summed E-state index contributed by atoms with van der Waals surface area (Å²) in [4.78, 5) is 14.7. The van der Waals surface area contributed by atoms with Gasteiger partial charge in [-0.3, -0.25) is 0 Å². The van der Waals surface area contributed by atoms with Gasteiger partial charge in [0.05, 0.1) is 20.7 Å². The number of hydrogen-bond acceptors (Lipinski definition) is 5. The van der Waals surface area contributed by atoms with Crippen molar-refractivity contribution >= 4 is 57.9 Å². The number of thioether (sulfide) groups is 1. The van der Waals surface area contributed by atoms with Crippen molar-refractivity contribution < 1.29 is 10.3 Å². The van der Waals surface area contributed by atoms with Crippen LogP contribution in [0.2, 0.25) is 14.4 Å². The fraction of sp³-hybridized carbons (Fsp3) is 0.235. The number of nitrogens with zero attached hydrogens (tertiary/aromatic N) is 3. The van der Waals surface area contributed by atoms with E-state index in [2.05, 4.69) is 15.6 Å². The van der Waals surface area contributed by atoms with E-state index in [9.17, 15) is 0 Å². The number of hydrogen-bond donors (Lipinski definition) is 1. The maximum Gasteiger partial charge on any atom is 0.291 e. The molecule has 0 aliphatic rings. The minimum Gasteiger partial charge on any atom is -0.336 e. The highest BCUT2D eigenvalue weighted by molar-refractivity contribution is 8.00. The van der Waals surface area contributed by atoms with E-state index in [4.69, 9.17) is 50.1 Å². The Morgan fingerprint density at radius 2 is 1.93 bits per heavy atom. The van der Waals surface area contributed by atoms with Crippen LogP contribution >= 0.6 is 57.9 Å². The lowest BCUT2D eigenvalue weighted by Gasteiger charge is -2.18. The van der Waals surface area contributed by atoms with Gasteiger partial charge < -0.3 is 9.77 Å². The van der Waals surface area contributed by atoms with Crippen LogP contribution in [0.5, 0.6) is 0 Å². The Morgan fingerprint density at radius 3 is 2.46 bits per heavy atom. The van der Waals surface area contributed by atoms with Gasteiger partial charge in [-0.05, 0) is 37.1 Å². The van der Waals surface area contributed by atoms with Gasteiger partial charge in [-0.2, -0.15) is 0 Å². The average Bonchev–Trinajstić information content (AvgIpc) is 3.27. The van der Waals surface area contributed by atoms with Crippen molar-refractivity contribution in [3.05, 3.63) is 78.4 Å². The lowest BCUT2D eigenvalue weighted by Crippen LogP contribution is -2.13. The molecule has 3 aromatic rings. The molecular formula is C17H16Cl3N3O3S2. The molecule has 1 aromatic carbocycles. The van der Waals surface area contributed by atoms with E-state index < -0.39 is 5.09 Å². The summed E-state index contributed by atoms with van der Waals surface area (Å²) >= 11 is 22.1. The molecule has 0 fully saturated rings. The Labute approximate surface area is 185 Å². The molecule has 0 amide bonds. The molecule has 2 heterocycles. The Morgan fingerprint density at radius 1 is 1.25 bits per heavy atom. The minimum atomic E-state index is -1.50. The van der Waals surface area contributed by atoms with E-state index in [0.29, 0.717) is 15.3 Å². The highest BCUT2D eigenvalue weighted by Crippen LogP contribution is 2.38. The fourth-order valence-corrected chi connectivity index (χ4v) is 5.31. The van der Waals surface area contributed by atoms with E-state index >= 15 is 0 Å². The summed E-state index contributed by atoms with van der Waals surface area (Å²) in [7, 11) is 0. The molecular weight excluding hydrogens is 465 g/mol. The molecule has 3 rings (SSSR count). The van der Waals surface area contributed by atoms with Crippen LogP contribution in [0, 0.1) is 10.1 Å². The molecule has 1 N–H and O–H groups in total. The summed E-state index contributed by atoms with van der Waals surface area (Å²) in [5.41, 5.74) is 0. The van der Waals surface area contributed by atoms with Crippen molar-refractivity contribution in [1.29, 1.82) is 0 Å². The minimum absolute atomic E-state index is 0.331. The van der Waals surface area contributed by atoms with Gasteiger partial charge in [0, 0.05) is 34.0 Å². The zero-order valence-electron chi connectivity index (χ0n) is 14.4. The number of thiophene rings is 1. The molecule has 0 bridgehead atoms. The standard InChI is InChI=1S/C17H15Cl3N2S2.HNO3/c18-14-2-1-3-15(19)17(14)24-13(10-22-9-8-21-11-22)5-4-12-6-7-16(20)23-12;2-1(3)4/h1-3,6-9,11,13H,4-5,10H2;(H,2,3,4). The molecule has 1 unspecified atom stereocenters. The topological polar surface area (TPSA) is 81.2 Å². The molecule has 1 atom stereocenters. The smallest absolute Gasteiger partial charge is 0.291 e. The van der Waals surface area contributed by atoms with Gasteiger partial charge in [-0.25, -0.2) is 4.98 Å². The Bertz CT molecular complexity index is 867. The van der Waals surface area contributed by atoms with Crippen molar-refractivity contribution in [2.45, 2.75) is 29.5 Å². The van der Waals surface area contributed by atoms with Gasteiger partial charge in [0.1, 0.15) is 0 Å². The Hall–Kier alpha value is -1.45. The SMILES string of the molecule is Clc1ccc(CCC(Cn2ccnc2)Sc2c(Cl)cccc2Cl)s1.O=[N+]([O-])O. The van der Waals surface area contributed by atoms with E-state index in [1.807, 2.05) is 36.8 Å². The lowest BCUT2D eigenvalue weighted by atomic mass is 10.2. The predicted octanol–water partition coefficient (Wildman–Crippen LogP) is 6.35. The van der Waals surface area contributed by atoms with Gasteiger partial charge in [0.2, 0.25) is 0 Å². The van der Waals surface area contributed by atoms with Gasteiger partial charge in [0.15, 0.2) is 0 Å². The highest BCUT2D eigenvalue weighted by atomic mass is 35.5. The lowest BCUT2D eigenvalue weighted by molar-refractivity contribution is -0.742. The highest BCUT2D eigenvalue weighted by Gasteiger charge is 2.16. The van der Waals surface area contributed by atoms with E-state index in [-0.39, 0.29) is 0 Å². The van der Waals surface area contributed by atoms with Crippen LogP contribution in [0.25, 0.3) is 0 Å². The number of benzene rings is 1. The summed E-state index contributed by atoms with van der Waals surface area (Å²) in [6.45, 7) is 0.853. The third-order valence-electron chi connectivity index (χ3n) is 3.52. The van der Waals surface area contributed by atoms with E-state index in [1.54, 1.807) is 29.3 Å². The number of aromatic nitrogens is 2. The molecule has 0 spiro atoms. The van der Waals surface area contributed by atoms with Gasteiger partial charge in [-0.15, -0.1) is 33.2 Å². The largest absolute Gasteiger partial charge is 0.336 e. The monoisotopic (exact) mass is 479 g/mol. The summed E-state index contributed by atoms with van der Waals surface area (Å²) in [5.74, 6) is 0. The van der Waals surface area contributed by atoms with E-state index in [1.165, 1.54) is 4.88 Å². The van der Waals surface area contributed by atoms with Gasteiger partial charge >= 0.3 is 0 Å². The molecule has 0 saturated carbocycles. The molecule has 0 radical (unpaired) electrons. The van der Waals surface area contributed by atoms with Crippen molar-refractivity contribution in [2.24, 2.45) is 0 Å². The molecule has 150 valence electrons. The Balaban J connectivity index is 0.000000640. The van der Waals surface area contributed by atoms with Crippen molar-refractivity contribution in [3.8, 4) is 0 Å². The quantitative estimate of drug-likeness (QED) is 0.242. The molecule has 6 nitrogen and oxygen atoms in total. The van der Waals surface area contributed by atoms with Crippen LogP contribution in [0.1, 0.15) is 11.3 Å². The van der Waals surface area contributed by atoms with Crippen molar-refractivity contribution in [1.82, 2.24) is 9.55 Å². The molecule has 28 heavy (non-hydrogen) atoms. The normalized spacial score (nSPS) is 11.5. The fourth-order valence-electron chi connectivity index (χ4n) is 2.37. The third-order valence-corrected chi connectivity index (χ3v) is 7.06. The van der Waals surface area contributed by atoms with Crippen molar-refractivity contribution in [3.63, 3.8) is 0 Å². The summed E-state index contributed by atoms with van der Waals surface area (Å²) < 4.78 is 2.92. The van der Waals surface area contributed by atoms with Crippen LogP contribution in [-0.4, -0.2) is 25.1 Å². The maximum absolute atomic E-state index is 8.36. The molecule has 0 aliphatic carbocycles. The molecule has 2 aromatic heterocycles. The number of aryl methyl sites for hydroxylation is 1. The third kappa shape index (κ3) is 7.89. The second-order valence-electron chi connectivity index (χ2n) is 5.53. The number of halogens is 3. The molecule has 0 saturated heterocycles. The van der Waals surface area contributed by atoms with Crippen LogP contribution in [0.15, 0.2) is 53.9 Å². The Kier molecular flexibility index (Phi) is 9.40. The first-order chi connectivity index (χ1) is 13.3. The summed E-state index contributed by atoms with van der Waals surface area (Å²) in [6, 6.07) is 9.67. The average molecular weight is 481 g/mol. The van der Waals surface area contributed by atoms with Crippen LogP contribution < -0.4 is 0 Å². The zero-order valence-corrected chi connectivity index (χ0v) is 18.3. The van der Waals surface area contributed by atoms with Crippen LogP contribution in [0.3, 0.4) is 0 Å². The van der Waals surface area contributed by atoms with Gasteiger partial charge in [0.25, 0.3) is 5.09 Å². The van der Waals surface area contributed by atoms with Crippen molar-refractivity contribution in [2.75, 3.05) is 0 Å². The first-order valence-corrected chi connectivity index (χ1v) is 10.8. The second-order valence-corrected chi connectivity index (χ2v) is 9.46. The first-order valence-electron chi connectivity index (χ1n) is 7.99. The summed E-state index contributed by atoms with van der Waals surface area (Å²) in [6.07, 6.45) is 7.59. The summed E-state index contributed by atoms with van der Waals surface area (Å²) in [5, 5.41) is 15.4.